The molecule has 133 valence electrons. The van der Waals surface area contributed by atoms with E-state index in [9.17, 15) is 0 Å². The summed E-state index contributed by atoms with van der Waals surface area (Å²) in [5.74, 6) is 7.57. The fourth-order valence-corrected chi connectivity index (χ4v) is 5.87. The Bertz CT molecular complexity index is 303. The van der Waals surface area contributed by atoms with Crippen LogP contribution in [0.5, 0.6) is 0 Å². The van der Waals surface area contributed by atoms with Crippen molar-refractivity contribution in [2.24, 2.45) is 47.3 Å². The van der Waals surface area contributed by atoms with E-state index in [0.29, 0.717) is 0 Å². The van der Waals surface area contributed by atoms with E-state index in [1.807, 2.05) is 0 Å². The second-order valence-electron chi connectivity index (χ2n) is 9.93. The van der Waals surface area contributed by atoms with Crippen molar-refractivity contribution < 1.29 is 0 Å². The first-order chi connectivity index (χ1) is 10.9. The van der Waals surface area contributed by atoms with Gasteiger partial charge in [-0.3, -0.25) is 0 Å². The van der Waals surface area contributed by atoms with Crippen LogP contribution in [0, 0.1) is 47.3 Å². The molecule has 0 aromatic rings. The molecule has 0 nitrogen and oxygen atoms in total. The Morgan fingerprint density at radius 3 is 1.43 bits per heavy atom. The molecule has 0 bridgehead atoms. The van der Waals surface area contributed by atoms with Crippen LogP contribution in [0.25, 0.3) is 0 Å². The lowest BCUT2D eigenvalue weighted by atomic mass is 9.54. The van der Waals surface area contributed by atoms with Gasteiger partial charge in [0.2, 0.25) is 0 Å². The Balaban J connectivity index is 1.83. The lowest BCUT2D eigenvalue weighted by Crippen LogP contribution is -2.31. The van der Waals surface area contributed by atoms with Crippen LogP contribution < -0.4 is 0 Å². The summed E-state index contributed by atoms with van der Waals surface area (Å²) in [7, 11) is 2.72. The Morgan fingerprint density at radius 1 is 0.696 bits per heavy atom. The predicted molar refractivity (Wildman–Crippen MR) is 105 cm³/mol. The highest BCUT2D eigenvalue weighted by molar-refractivity contribution is 6.35. The van der Waals surface area contributed by atoms with Crippen molar-refractivity contribution in [2.45, 2.75) is 92.7 Å². The minimum Gasteiger partial charge on any atom is -0.0772 e. The zero-order chi connectivity index (χ0) is 17.0. The first kappa shape index (κ1) is 19.4. The van der Waals surface area contributed by atoms with E-state index in [1.54, 1.807) is 0 Å². The number of hydrogen-bond donors (Lipinski definition) is 0. The Labute approximate surface area is 147 Å². The van der Waals surface area contributed by atoms with Crippen molar-refractivity contribution >= 4 is 7.28 Å². The molecular formula is C22H42B. The monoisotopic (exact) mass is 317 g/mol. The van der Waals surface area contributed by atoms with Crippen LogP contribution in [0.15, 0.2) is 0 Å². The van der Waals surface area contributed by atoms with E-state index in [2.05, 4.69) is 48.8 Å². The molecule has 2 rings (SSSR count). The van der Waals surface area contributed by atoms with Crippen LogP contribution in [0.3, 0.4) is 0 Å². The maximum atomic E-state index is 2.72. The van der Waals surface area contributed by atoms with Crippen molar-refractivity contribution in [1.29, 1.82) is 0 Å². The second-order valence-corrected chi connectivity index (χ2v) is 9.93. The van der Waals surface area contributed by atoms with Crippen molar-refractivity contribution in [2.75, 3.05) is 0 Å². The van der Waals surface area contributed by atoms with Gasteiger partial charge in [0.1, 0.15) is 7.28 Å². The molecule has 2 aliphatic rings. The van der Waals surface area contributed by atoms with Crippen LogP contribution in [-0.2, 0) is 0 Å². The van der Waals surface area contributed by atoms with Gasteiger partial charge in [0, 0.05) is 0 Å². The number of rotatable bonds is 6. The minimum atomic E-state index is 0.874. The quantitative estimate of drug-likeness (QED) is 0.465. The van der Waals surface area contributed by atoms with E-state index in [4.69, 9.17) is 0 Å². The Kier molecular flexibility index (Phi) is 7.55. The topological polar surface area (TPSA) is 0 Å². The zero-order valence-corrected chi connectivity index (χ0v) is 16.9. The van der Waals surface area contributed by atoms with Crippen molar-refractivity contribution in [1.82, 2.24) is 0 Å². The van der Waals surface area contributed by atoms with Gasteiger partial charge < -0.3 is 0 Å². The molecule has 0 unspecified atom stereocenters. The van der Waals surface area contributed by atoms with Gasteiger partial charge in [-0.1, -0.05) is 67.0 Å². The molecular weight excluding hydrogens is 275 g/mol. The van der Waals surface area contributed by atoms with Gasteiger partial charge in [-0.05, 0) is 73.0 Å². The SMILES string of the molecule is CC(C)[C@H]1CC[C@H](C)C[C@H]1C[B]C[C@@H]1C[C@@H](C)CC[C@@H]1C(C)C. The molecule has 1 heteroatoms. The summed E-state index contributed by atoms with van der Waals surface area (Å²) >= 11 is 0. The summed E-state index contributed by atoms with van der Waals surface area (Å²) < 4.78 is 0. The summed E-state index contributed by atoms with van der Waals surface area (Å²) in [6.45, 7) is 14.7. The molecule has 0 aromatic carbocycles. The molecule has 0 amide bonds. The molecule has 0 saturated heterocycles. The van der Waals surface area contributed by atoms with Crippen LogP contribution >= 0.6 is 0 Å². The first-order valence-corrected chi connectivity index (χ1v) is 10.7. The van der Waals surface area contributed by atoms with E-state index in [0.717, 1.165) is 47.3 Å². The molecule has 23 heavy (non-hydrogen) atoms. The highest BCUT2D eigenvalue weighted by atomic mass is 14.4. The molecule has 2 saturated carbocycles. The van der Waals surface area contributed by atoms with E-state index >= 15 is 0 Å². The summed E-state index contributed by atoms with van der Waals surface area (Å²) in [5, 5.41) is 0. The van der Waals surface area contributed by atoms with Gasteiger partial charge in [0.25, 0.3) is 0 Å². The summed E-state index contributed by atoms with van der Waals surface area (Å²) in [6, 6.07) is 0. The van der Waals surface area contributed by atoms with Crippen LogP contribution in [0.1, 0.15) is 80.1 Å². The van der Waals surface area contributed by atoms with E-state index in [1.165, 1.54) is 51.2 Å². The Morgan fingerprint density at radius 2 is 1.09 bits per heavy atom. The normalized spacial score (nSPS) is 39.0. The van der Waals surface area contributed by atoms with Crippen LogP contribution in [0.4, 0.5) is 0 Å². The average Bonchev–Trinajstić information content (AvgIpc) is 2.46. The summed E-state index contributed by atoms with van der Waals surface area (Å²) in [5.41, 5.74) is 0. The standard InChI is InChI=1S/C22H42B/c1-15(2)21-9-7-17(5)11-19(21)13-23-14-20-12-18(6)8-10-22(20)16(3)4/h15-22H,7-14H2,1-6H3/t17-,18-,19-,20-,21+,22+/m0/s1. The van der Waals surface area contributed by atoms with Crippen molar-refractivity contribution in [3.8, 4) is 0 Å². The van der Waals surface area contributed by atoms with Gasteiger partial charge in [-0.25, -0.2) is 0 Å². The minimum absolute atomic E-state index is 0.874. The van der Waals surface area contributed by atoms with Gasteiger partial charge in [-0.2, -0.15) is 0 Å². The molecule has 2 aliphatic carbocycles. The smallest absolute Gasteiger partial charge is 0.0772 e. The van der Waals surface area contributed by atoms with Gasteiger partial charge >= 0.3 is 0 Å². The highest BCUT2D eigenvalue weighted by Crippen LogP contribution is 2.42. The third-order valence-electron chi connectivity index (χ3n) is 7.26. The predicted octanol–water partition coefficient (Wildman–Crippen LogP) is 6.94. The summed E-state index contributed by atoms with van der Waals surface area (Å²) in [6.07, 6.45) is 11.6. The second kappa shape index (κ2) is 8.96. The van der Waals surface area contributed by atoms with E-state index < -0.39 is 0 Å². The average molecular weight is 317 g/mol. The fraction of sp³-hybridized carbons (Fsp3) is 1.00. The highest BCUT2D eigenvalue weighted by Gasteiger charge is 2.33. The van der Waals surface area contributed by atoms with Crippen LogP contribution in [0.2, 0.25) is 12.6 Å². The largest absolute Gasteiger partial charge is 0.110 e. The third-order valence-corrected chi connectivity index (χ3v) is 7.26. The van der Waals surface area contributed by atoms with E-state index in [-0.39, 0.29) is 0 Å². The van der Waals surface area contributed by atoms with Crippen molar-refractivity contribution in [3.05, 3.63) is 0 Å². The van der Waals surface area contributed by atoms with Gasteiger partial charge in [0.05, 0.1) is 0 Å². The fourth-order valence-electron chi connectivity index (χ4n) is 5.87. The molecule has 0 aromatic heterocycles. The molecule has 0 heterocycles. The Hall–Kier alpha value is 0.0649. The first-order valence-electron chi connectivity index (χ1n) is 10.7. The van der Waals surface area contributed by atoms with Gasteiger partial charge in [0.15, 0.2) is 0 Å². The number of hydrogen-bond acceptors (Lipinski definition) is 0. The summed E-state index contributed by atoms with van der Waals surface area (Å²) in [4.78, 5) is 0. The molecule has 0 spiro atoms. The maximum Gasteiger partial charge on any atom is 0.110 e. The lowest BCUT2D eigenvalue weighted by Gasteiger charge is -2.39. The lowest BCUT2D eigenvalue weighted by molar-refractivity contribution is 0.152. The molecule has 6 atom stereocenters. The third kappa shape index (κ3) is 5.53. The molecule has 0 aliphatic heterocycles. The van der Waals surface area contributed by atoms with Crippen molar-refractivity contribution in [3.63, 3.8) is 0 Å². The van der Waals surface area contributed by atoms with Crippen LogP contribution in [-0.4, -0.2) is 7.28 Å². The maximum absolute atomic E-state index is 2.72. The van der Waals surface area contributed by atoms with Gasteiger partial charge in [-0.15, -0.1) is 0 Å². The molecule has 0 N–H and O–H groups in total. The molecule has 1 radical (unpaired) electrons. The zero-order valence-electron chi connectivity index (χ0n) is 16.9. The molecule has 2 fully saturated rings.